The summed E-state index contributed by atoms with van der Waals surface area (Å²) in [6.07, 6.45) is -3.52. The second kappa shape index (κ2) is 6.66. The highest BCUT2D eigenvalue weighted by atomic mass is 35.5. The molecule has 0 aliphatic rings. The van der Waals surface area contributed by atoms with E-state index in [2.05, 4.69) is 9.97 Å². The Morgan fingerprint density at radius 2 is 2.05 bits per heavy atom. The fourth-order valence-corrected chi connectivity index (χ4v) is 2.67. The molecule has 1 heterocycles. The first-order chi connectivity index (χ1) is 10.3. The van der Waals surface area contributed by atoms with Gasteiger partial charge in [-0.2, -0.15) is 13.2 Å². The molecule has 0 fully saturated rings. The lowest BCUT2D eigenvalue weighted by atomic mass is 10.1. The van der Waals surface area contributed by atoms with Crippen molar-refractivity contribution in [2.45, 2.75) is 23.5 Å². The van der Waals surface area contributed by atoms with E-state index in [-0.39, 0.29) is 10.9 Å². The van der Waals surface area contributed by atoms with Crippen LogP contribution in [0.5, 0.6) is 0 Å². The molecule has 2 rings (SSSR count). The van der Waals surface area contributed by atoms with Gasteiger partial charge in [0, 0.05) is 16.8 Å². The Morgan fingerprint density at radius 1 is 1.32 bits per heavy atom. The minimum absolute atomic E-state index is 0.0993. The van der Waals surface area contributed by atoms with E-state index in [1.54, 1.807) is 25.1 Å². The van der Waals surface area contributed by atoms with Gasteiger partial charge in [0.05, 0.1) is 5.25 Å². The zero-order chi connectivity index (χ0) is 16.3. The maximum Gasteiger partial charge on any atom is 0.433 e. The Labute approximate surface area is 133 Å². The summed E-state index contributed by atoms with van der Waals surface area (Å²) < 4.78 is 37.8. The topological polar surface area (TPSA) is 42.9 Å². The maximum atomic E-state index is 12.6. The fraction of sp³-hybridized carbons (Fsp3) is 0.214. The highest BCUT2D eigenvalue weighted by molar-refractivity contribution is 8.00. The number of hydrogen-bond donors (Lipinski definition) is 0. The van der Waals surface area contributed by atoms with Crippen LogP contribution in [0.4, 0.5) is 13.2 Å². The van der Waals surface area contributed by atoms with Crippen LogP contribution in [-0.4, -0.2) is 21.0 Å². The Balaban J connectivity index is 2.15. The van der Waals surface area contributed by atoms with Gasteiger partial charge in [-0.25, -0.2) is 9.97 Å². The molecule has 1 aromatic carbocycles. The van der Waals surface area contributed by atoms with Gasteiger partial charge in [-0.1, -0.05) is 35.5 Å². The average Bonchev–Trinajstić information content (AvgIpc) is 2.46. The van der Waals surface area contributed by atoms with Crippen molar-refractivity contribution in [3.8, 4) is 0 Å². The smallest absolute Gasteiger partial charge is 0.293 e. The Kier molecular flexibility index (Phi) is 5.08. The number of carbonyl (C=O) groups excluding carboxylic acids is 1. The second-order valence-electron chi connectivity index (χ2n) is 4.36. The average molecular weight is 347 g/mol. The number of nitrogens with zero attached hydrogens (tertiary/aromatic N) is 2. The minimum Gasteiger partial charge on any atom is -0.293 e. The summed E-state index contributed by atoms with van der Waals surface area (Å²) in [5.41, 5.74) is -0.646. The number of Topliss-reactive ketones (excluding diaryl/α,β-unsaturated/α-hetero) is 1. The van der Waals surface area contributed by atoms with Gasteiger partial charge >= 0.3 is 6.18 Å². The van der Waals surface area contributed by atoms with E-state index in [0.717, 1.165) is 24.0 Å². The molecule has 0 N–H and O–H groups in total. The molecule has 2 aromatic rings. The van der Waals surface area contributed by atoms with Gasteiger partial charge in [-0.15, -0.1) is 0 Å². The summed E-state index contributed by atoms with van der Waals surface area (Å²) in [7, 11) is 0. The summed E-state index contributed by atoms with van der Waals surface area (Å²) in [5.74, 6) is -0.256. The molecule has 0 aliphatic heterocycles. The van der Waals surface area contributed by atoms with Crippen LogP contribution in [0.25, 0.3) is 0 Å². The molecule has 22 heavy (non-hydrogen) atoms. The third-order valence-electron chi connectivity index (χ3n) is 2.68. The molecule has 1 aromatic heterocycles. The molecule has 0 aliphatic carbocycles. The SMILES string of the molecule is CC(Sc1nccc(C(F)(F)F)n1)C(=O)c1cccc(Cl)c1. The van der Waals surface area contributed by atoms with Gasteiger partial charge < -0.3 is 0 Å². The van der Waals surface area contributed by atoms with Gasteiger partial charge in [0.2, 0.25) is 0 Å². The lowest BCUT2D eigenvalue weighted by Gasteiger charge is -2.11. The van der Waals surface area contributed by atoms with Crippen molar-refractivity contribution in [2.75, 3.05) is 0 Å². The normalized spacial score (nSPS) is 13.0. The number of ketones is 1. The van der Waals surface area contributed by atoms with Crippen LogP contribution in [0.1, 0.15) is 23.0 Å². The molecular weight excluding hydrogens is 337 g/mol. The van der Waals surface area contributed by atoms with Crippen molar-refractivity contribution in [2.24, 2.45) is 0 Å². The Hall–Kier alpha value is -1.60. The summed E-state index contributed by atoms with van der Waals surface area (Å²) in [4.78, 5) is 19.4. The summed E-state index contributed by atoms with van der Waals surface area (Å²) >= 11 is 6.68. The van der Waals surface area contributed by atoms with Crippen LogP contribution < -0.4 is 0 Å². The van der Waals surface area contributed by atoms with Crippen molar-refractivity contribution in [1.29, 1.82) is 0 Å². The van der Waals surface area contributed by atoms with E-state index in [1.807, 2.05) is 0 Å². The molecule has 116 valence electrons. The van der Waals surface area contributed by atoms with E-state index >= 15 is 0 Å². The summed E-state index contributed by atoms with van der Waals surface area (Å²) in [5, 5.41) is -0.321. The van der Waals surface area contributed by atoms with Crippen LogP contribution in [-0.2, 0) is 6.18 Å². The van der Waals surface area contributed by atoms with Crippen LogP contribution in [0.2, 0.25) is 5.02 Å². The van der Waals surface area contributed by atoms with Gasteiger partial charge in [0.15, 0.2) is 10.9 Å². The molecule has 0 saturated heterocycles. The number of alkyl halides is 3. The van der Waals surface area contributed by atoms with Crippen molar-refractivity contribution < 1.29 is 18.0 Å². The number of thioether (sulfide) groups is 1. The molecule has 3 nitrogen and oxygen atoms in total. The highest BCUT2D eigenvalue weighted by Crippen LogP contribution is 2.30. The monoisotopic (exact) mass is 346 g/mol. The number of benzene rings is 1. The summed E-state index contributed by atoms with van der Waals surface area (Å²) in [6, 6.07) is 7.15. The van der Waals surface area contributed by atoms with Gasteiger partial charge in [0.25, 0.3) is 0 Å². The lowest BCUT2D eigenvalue weighted by Crippen LogP contribution is -2.15. The third-order valence-corrected chi connectivity index (χ3v) is 3.89. The molecule has 0 amide bonds. The predicted molar refractivity (Wildman–Crippen MR) is 78.1 cm³/mol. The second-order valence-corrected chi connectivity index (χ2v) is 6.10. The molecule has 0 radical (unpaired) electrons. The van der Waals surface area contributed by atoms with Crippen molar-refractivity contribution in [3.05, 3.63) is 52.8 Å². The number of aromatic nitrogens is 2. The number of rotatable bonds is 4. The van der Waals surface area contributed by atoms with Crippen molar-refractivity contribution in [3.63, 3.8) is 0 Å². The van der Waals surface area contributed by atoms with Crippen LogP contribution >= 0.6 is 23.4 Å². The zero-order valence-electron chi connectivity index (χ0n) is 11.3. The van der Waals surface area contributed by atoms with Crippen molar-refractivity contribution >= 4 is 29.1 Å². The minimum atomic E-state index is -4.54. The molecule has 1 atom stereocenters. The van der Waals surface area contributed by atoms with E-state index in [0.29, 0.717) is 10.6 Å². The zero-order valence-corrected chi connectivity index (χ0v) is 12.8. The molecule has 8 heteroatoms. The lowest BCUT2D eigenvalue weighted by molar-refractivity contribution is -0.141. The first-order valence-electron chi connectivity index (χ1n) is 6.14. The standard InChI is InChI=1S/C14H10ClF3N2OS/c1-8(12(21)9-3-2-4-10(15)7-9)22-13-19-6-5-11(20-13)14(16,17)18/h2-8H,1H3. The fourth-order valence-electron chi connectivity index (χ4n) is 1.64. The maximum absolute atomic E-state index is 12.6. The van der Waals surface area contributed by atoms with Gasteiger partial charge in [0.1, 0.15) is 5.69 Å². The third kappa shape index (κ3) is 4.20. The first-order valence-corrected chi connectivity index (χ1v) is 7.40. The molecule has 1 unspecified atom stereocenters. The largest absolute Gasteiger partial charge is 0.433 e. The quantitative estimate of drug-likeness (QED) is 0.464. The Morgan fingerprint density at radius 3 is 2.68 bits per heavy atom. The molecule has 0 bridgehead atoms. The number of hydrogen-bond acceptors (Lipinski definition) is 4. The van der Waals surface area contributed by atoms with Crippen molar-refractivity contribution in [1.82, 2.24) is 9.97 Å². The molecule has 0 spiro atoms. The van der Waals surface area contributed by atoms with Crippen LogP contribution in [0.3, 0.4) is 0 Å². The molecule has 0 saturated carbocycles. The van der Waals surface area contributed by atoms with Crippen LogP contribution in [0.15, 0.2) is 41.7 Å². The van der Waals surface area contributed by atoms with E-state index < -0.39 is 17.1 Å². The van der Waals surface area contributed by atoms with Crippen LogP contribution in [0, 0.1) is 0 Å². The summed E-state index contributed by atoms with van der Waals surface area (Å²) in [6.45, 7) is 1.58. The predicted octanol–water partition coefficient (Wildman–Crippen LogP) is 4.51. The Bertz CT molecular complexity index is 694. The number of carbonyl (C=O) groups is 1. The van der Waals surface area contributed by atoms with E-state index in [9.17, 15) is 18.0 Å². The highest BCUT2D eigenvalue weighted by Gasteiger charge is 2.33. The van der Waals surface area contributed by atoms with Gasteiger partial charge in [-0.3, -0.25) is 4.79 Å². The molecular formula is C14H10ClF3N2OS. The van der Waals surface area contributed by atoms with E-state index in [1.165, 1.54) is 6.07 Å². The van der Waals surface area contributed by atoms with E-state index in [4.69, 9.17) is 11.6 Å². The first kappa shape index (κ1) is 16.8. The number of halogens is 4. The van der Waals surface area contributed by atoms with Gasteiger partial charge in [-0.05, 0) is 25.1 Å².